The Labute approximate surface area is 178 Å². The molecule has 3 aromatic rings. The molecule has 0 amide bonds. The zero-order valence-corrected chi connectivity index (χ0v) is 17.5. The Kier molecular flexibility index (Phi) is 5.15. The van der Waals surface area contributed by atoms with Gasteiger partial charge in [-0.2, -0.15) is 0 Å². The van der Waals surface area contributed by atoms with E-state index in [1.807, 2.05) is 24.3 Å². The average molecular weight is 500 g/mol. The smallest absolute Gasteiger partial charge is 0.343 e. The molecule has 0 atom stereocenters. The van der Waals surface area contributed by atoms with E-state index in [1.165, 1.54) is 0 Å². The van der Waals surface area contributed by atoms with Gasteiger partial charge in [-0.3, -0.25) is 4.79 Å². The predicted octanol–water partition coefficient (Wildman–Crippen LogP) is 6.05. The van der Waals surface area contributed by atoms with Crippen molar-refractivity contribution in [2.45, 2.75) is 0 Å². The highest BCUT2D eigenvalue weighted by Gasteiger charge is 2.28. The third-order valence-electron chi connectivity index (χ3n) is 4.10. The molecule has 4 rings (SSSR count). The fourth-order valence-corrected chi connectivity index (χ4v) is 3.22. The first-order chi connectivity index (χ1) is 13.5. The van der Waals surface area contributed by atoms with E-state index in [-0.39, 0.29) is 11.5 Å². The van der Waals surface area contributed by atoms with Crippen molar-refractivity contribution in [2.24, 2.45) is 0 Å². The van der Waals surface area contributed by atoms with Crippen molar-refractivity contribution in [3.8, 4) is 11.5 Å². The Bertz CT molecular complexity index is 1100. The maximum atomic E-state index is 12.5. The first kappa shape index (κ1) is 18.7. The van der Waals surface area contributed by atoms with E-state index < -0.39 is 5.97 Å². The van der Waals surface area contributed by atoms with Gasteiger partial charge in [0.1, 0.15) is 11.5 Å². The minimum absolute atomic E-state index is 0.205. The van der Waals surface area contributed by atoms with Crippen LogP contribution in [0, 0.1) is 0 Å². The number of benzene rings is 3. The lowest BCUT2D eigenvalue weighted by Gasteiger charge is -2.06. The Morgan fingerprint density at radius 3 is 2.21 bits per heavy atom. The van der Waals surface area contributed by atoms with Gasteiger partial charge in [0.15, 0.2) is 5.76 Å². The zero-order valence-electron chi connectivity index (χ0n) is 14.3. The van der Waals surface area contributed by atoms with Gasteiger partial charge in [-0.05, 0) is 60.2 Å². The molecule has 1 aliphatic heterocycles. The van der Waals surface area contributed by atoms with E-state index in [0.717, 1.165) is 14.5 Å². The summed E-state index contributed by atoms with van der Waals surface area (Å²) in [6.07, 6.45) is 1.68. The van der Waals surface area contributed by atoms with E-state index in [2.05, 4.69) is 31.9 Å². The molecule has 28 heavy (non-hydrogen) atoms. The molecule has 0 unspecified atom stereocenters. The Hall–Kier alpha value is -2.70. The third kappa shape index (κ3) is 3.93. The number of ketones is 1. The monoisotopic (exact) mass is 498 g/mol. The molecular formula is C22H12Br2O4. The molecule has 0 N–H and O–H groups in total. The van der Waals surface area contributed by atoms with E-state index >= 15 is 0 Å². The predicted molar refractivity (Wildman–Crippen MR) is 113 cm³/mol. The van der Waals surface area contributed by atoms with Crippen LogP contribution in [0.4, 0.5) is 0 Å². The van der Waals surface area contributed by atoms with Gasteiger partial charge in [0, 0.05) is 15.0 Å². The normalized spacial score (nSPS) is 13.9. The number of allylic oxidation sites excluding steroid dienone is 1. The summed E-state index contributed by atoms with van der Waals surface area (Å²) in [6.45, 7) is 0. The highest BCUT2D eigenvalue weighted by atomic mass is 79.9. The molecule has 138 valence electrons. The van der Waals surface area contributed by atoms with Gasteiger partial charge in [0.2, 0.25) is 5.78 Å². The third-order valence-corrected chi connectivity index (χ3v) is 5.16. The van der Waals surface area contributed by atoms with Crippen LogP contribution in [0.5, 0.6) is 11.5 Å². The molecule has 0 spiro atoms. The van der Waals surface area contributed by atoms with Crippen LogP contribution in [-0.2, 0) is 0 Å². The quantitative estimate of drug-likeness (QED) is 0.250. The van der Waals surface area contributed by atoms with Gasteiger partial charge in [0.25, 0.3) is 0 Å². The second-order valence-corrected chi connectivity index (χ2v) is 7.88. The van der Waals surface area contributed by atoms with Crippen molar-refractivity contribution in [2.75, 3.05) is 0 Å². The van der Waals surface area contributed by atoms with Gasteiger partial charge in [-0.15, -0.1) is 0 Å². The van der Waals surface area contributed by atoms with E-state index in [0.29, 0.717) is 22.6 Å². The molecule has 1 heterocycles. The number of ether oxygens (including phenoxy) is 2. The summed E-state index contributed by atoms with van der Waals surface area (Å²) in [4.78, 5) is 24.8. The van der Waals surface area contributed by atoms with Crippen LogP contribution in [0.1, 0.15) is 26.3 Å². The molecule has 0 saturated carbocycles. The number of hydrogen-bond acceptors (Lipinski definition) is 4. The molecular weight excluding hydrogens is 488 g/mol. The minimum Gasteiger partial charge on any atom is -0.452 e. The second-order valence-electron chi connectivity index (χ2n) is 6.05. The van der Waals surface area contributed by atoms with Crippen molar-refractivity contribution in [3.05, 3.63) is 98.1 Å². The summed E-state index contributed by atoms with van der Waals surface area (Å²) in [6, 6.07) is 19.1. The first-order valence-corrected chi connectivity index (χ1v) is 9.90. The average Bonchev–Trinajstić information content (AvgIpc) is 2.99. The minimum atomic E-state index is -0.484. The van der Waals surface area contributed by atoms with Gasteiger partial charge >= 0.3 is 5.97 Å². The van der Waals surface area contributed by atoms with Crippen LogP contribution in [0.2, 0.25) is 0 Å². The van der Waals surface area contributed by atoms with Crippen molar-refractivity contribution < 1.29 is 19.1 Å². The number of fused-ring (bicyclic) bond motifs is 1. The summed E-state index contributed by atoms with van der Waals surface area (Å²) in [5.74, 6) is 0.221. The van der Waals surface area contributed by atoms with Gasteiger partial charge in [-0.1, -0.05) is 44.0 Å². The van der Waals surface area contributed by atoms with Crippen molar-refractivity contribution in [1.82, 2.24) is 0 Å². The molecule has 1 aliphatic rings. The summed E-state index contributed by atoms with van der Waals surface area (Å²) < 4.78 is 12.9. The zero-order chi connectivity index (χ0) is 19.7. The second kappa shape index (κ2) is 7.73. The molecule has 0 fully saturated rings. The van der Waals surface area contributed by atoms with E-state index in [9.17, 15) is 9.59 Å². The molecule has 0 aliphatic carbocycles. The van der Waals surface area contributed by atoms with Crippen LogP contribution in [-0.4, -0.2) is 11.8 Å². The maximum absolute atomic E-state index is 12.5. The number of halogens is 2. The molecule has 0 bridgehead atoms. The van der Waals surface area contributed by atoms with Crippen LogP contribution < -0.4 is 9.47 Å². The molecule has 3 aromatic carbocycles. The summed E-state index contributed by atoms with van der Waals surface area (Å²) in [5.41, 5.74) is 1.71. The summed E-state index contributed by atoms with van der Waals surface area (Å²) >= 11 is 6.70. The van der Waals surface area contributed by atoms with Gasteiger partial charge < -0.3 is 9.47 Å². The number of hydrogen-bond donors (Lipinski definition) is 0. The van der Waals surface area contributed by atoms with Crippen molar-refractivity contribution in [1.29, 1.82) is 0 Å². The fraction of sp³-hybridized carbons (Fsp3) is 0. The Balaban J connectivity index is 1.54. The standard InChI is InChI=1S/C22H12Br2O4/c23-15-5-1-13(2-6-15)11-20-21(25)18-10-9-17(12-19(18)28-20)27-22(26)14-3-7-16(24)8-4-14/h1-12H. The van der Waals surface area contributed by atoms with Crippen LogP contribution in [0.15, 0.2) is 81.4 Å². The first-order valence-electron chi connectivity index (χ1n) is 8.31. The largest absolute Gasteiger partial charge is 0.452 e. The highest BCUT2D eigenvalue weighted by molar-refractivity contribution is 9.10. The van der Waals surface area contributed by atoms with Gasteiger partial charge in [0.05, 0.1) is 11.1 Å². The molecule has 0 radical (unpaired) electrons. The van der Waals surface area contributed by atoms with Crippen molar-refractivity contribution in [3.63, 3.8) is 0 Å². The number of rotatable bonds is 3. The molecule has 4 nitrogen and oxygen atoms in total. The Morgan fingerprint density at radius 2 is 1.54 bits per heavy atom. The summed E-state index contributed by atoms with van der Waals surface area (Å²) in [7, 11) is 0. The molecule has 0 saturated heterocycles. The summed E-state index contributed by atoms with van der Waals surface area (Å²) in [5, 5.41) is 0. The van der Waals surface area contributed by atoms with Crippen LogP contribution >= 0.6 is 31.9 Å². The SMILES string of the molecule is O=C(Oc1ccc2c(c1)OC(=Cc1ccc(Br)cc1)C2=O)c1ccc(Br)cc1. The lowest BCUT2D eigenvalue weighted by molar-refractivity contribution is 0.0734. The number of carbonyl (C=O) groups is 2. The Morgan fingerprint density at radius 1 is 0.893 bits per heavy atom. The van der Waals surface area contributed by atoms with Crippen LogP contribution in [0.25, 0.3) is 6.08 Å². The maximum Gasteiger partial charge on any atom is 0.343 e. The fourth-order valence-electron chi connectivity index (χ4n) is 2.69. The lowest BCUT2D eigenvalue weighted by Crippen LogP contribution is -2.08. The number of Topliss-reactive ketones (excluding diaryl/α,β-unsaturated/α-hetero) is 1. The molecule has 0 aromatic heterocycles. The van der Waals surface area contributed by atoms with E-state index in [1.54, 1.807) is 48.5 Å². The lowest BCUT2D eigenvalue weighted by atomic mass is 10.1. The van der Waals surface area contributed by atoms with Gasteiger partial charge in [-0.25, -0.2) is 4.79 Å². The van der Waals surface area contributed by atoms with Crippen molar-refractivity contribution >= 4 is 49.7 Å². The number of esters is 1. The van der Waals surface area contributed by atoms with Crippen LogP contribution in [0.3, 0.4) is 0 Å². The highest BCUT2D eigenvalue weighted by Crippen LogP contribution is 2.35. The topological polar surface area (TPSA) is 52.6 Å². The van der Waals surface area contributed by atoms with E-state index in [4.69, 9.17) is 9.47 Å². The number of carbonyl (C=O) groups excluding carboxylic acids is 2. The molecule has 6 heteroatoms.